The van der Waals surface area contributed by atoms with Crippen LogP contribution in [0.1, 0.15) is 45.1 Å². The van der Waals surface area contributed by atoms with E-state index in [1.807, 2.05) is 0 Å². The van der Waals surface area contributed by atoms with Gasteiger partial charge in [0.05, 0.1) is 6.10 Å². The summed E-state index contributed by atoms with van der Waals surface area (Å²) in [4.78, 5) is 2.33. The lowest BCUT2D eigenvalue weighted by Crippen LogP contribution is -2.56. The zero-order valence-corrected chi connectivity index (χ0v) is 12.9. The van der Waals surface area contributed by atoms with Gasteiger partial charge in [-0.3, -0.25) is 4.90 Å². The van der Waals surface area contributed by atoms with Gasteiger partial charge in [0.15, 0.2) is 0 Å². The summed E-state index contributed by atoms with van der Waals surface area (Å²) >= 11 is 0. The van der Waals surface area contributed by atoms with E-state index < -0.39 is 17.7 Å². The van der Waals surface area contributed by atoms with E-state index in [1.165, 1.54) is 18.6 Å². The minimum Gasteiger partial charge on any atom is -0.391 e. The van der Waals surface area contributed by atoms with Crippen LogP contribution < -0.4 is 0 Å². The highest BCUT2D eigenvalue weighted by atomic mass is 19.1. The van der Waals surface area contributed by atoms with Crippen molar-refractivity contribution in [1.82, 2.24) is 4.90 Å². The van der Waals surface area contributed by atoms with Crippen molar-refractivity contribution in [3.8, 4) is 0 Å². The molecule has 1 saturated heterocycles. The number of aliphatic hydroxyl groups excluding tert-OH is 1. The largest absolute Gasteiger partial charge is 0.391 e. The number of likely N-dealkylation sites (tertiary alicyclic amines) is 1. The first kappa shape index (κ1) is 16.4. The van der Waals surface area contributed by atoms with Gasteiger partial charge in [-0.25, -0.2) is 8.78 Å². The van der Waals surface area contributed by atoms with Gasteiger partial charge in [0.1, 0.15) is 11.6 Å². The Labute approximate surface area is 125 Å². The highest BCUT2D eigenvalue weighted by molar-refractivity contribution is 5.19. The molecule has 2 unspecified atom stereocenters. The molecule has 2 rings (SSSR count). The zero-order chi connectivity index (χ0) is 15.5. The number of nitrogens with zero attached hydrogens (tertiary/aromatic N) is 1. The van der Waals surface area contributed by atoms with Gasteiger partial charge in [0.25, 0.3) is 0 Å². The molecule has 4 heteroatoms. The minimum absolute atomic E-state index is 0.273. The molecule has 2 atom stereocenters. The second-order valence-corrected chi connectivity index (χ2v) is 6.26. The fraction of sp³-hybridized carbons (Fsp3) is 0.647. The van der Waals surface area contributed by atoms with Gasteiger partial charge in [-0.05, 0) is 57.0 Å². The Morgan fingerprint density at radius 3 is 2.24 bits per heavy atom. The van der Waals surface area contributed by atoms with Crippen molar-refractivity contribution in [2.24, 2.45) is 0 Å². The lowest BCUT2D eigenvalue weighted by Gasteiger charge is -2.46. The lowest BCUT2D eigenvalue weighted by atomic mass is 9.84. The first-order valence-electron chi connectivity index (χ1n) is 7.84. The molecule has 0 spiro atoms. The van der Waals surface area contributed by atoms with Crippen LogP contribution in [-0.4, -0.2) is 34.7 Å². The second kappa shape index (κ2) is 6.84. The number of hydrogen-bond acceptors (Lipinski definition) is 2. The Bertz CT molecular complexity index is 454. The Morgan fingerprint density at radius 2 is 1.71 bits per heavy atom. The third-order valence-electron chi connectivity index (χ3n) is 4.86. The summed E-state index contributed by atoms with van der Waals surface area (Å²) < 4.78 is 26.6. The lowest BCUT2D eigenvalue weighted by molar-refractivity contribution is -0.0329. The van der Waals surface area contributed by atoms with Crippen molar-refractivity contribution in [2.75, 3.05) is 13.1 Å². The summed E-state index contributed by atoms with van der Waals surface area (Å²) in [5.41, 5.74) is 0.167. The zero-order valence-electron chi connectivity index (χ0n) is 12.9. The van der Waals surface area contributed by atoms with Gasteiger partial charge in [0, 0.05) is 18.0 Å². The van der Waals surface area contributed by atoms with Crippen molar-refractivity contribution in [3.63, 3.8) is 0 Å². The maximum absolute atomic E-state index is 13.3. The number of benzene rings is 1. The SMILES string of the molecule is CCC(C)(C(O)Cc1cc(F)cc(F)c1)N1CCCCC1. The predicted molar refractivity (Wildman–Crippen MR) is 80.2 cm³/mol. The fourth-order valence-corrected chi connectivity index (χ4v) is 3.25. The number of rotatable bonds is 5. The molecule has 1 aliphatic heterocycles. The fourth-order valence-electron chi connectivity index (χ4n) is 3.25. The van der Waals surface area contributed by atoms with Crippen LogP contribution in [0, 0.1) is 11.6 Å². The molecule has 0 amide bonds. The molecule has 0 aliphatic carbocycles. The van der Waals surface area contributed by atoms with E-state index in [-0.39, 0.29) is 12.0 Å². The Balaban J connectivity index is 2.13. The first-order valence-corrected chi connectivity index (χ1v) is 7.84. The smallest absolute Gasteiger partial charge is 0.126 e. The average Bonchev–Trinajstić information content (AvgIpc) is 2.46. The van der Waals surface area contributed by atoms with Crippen molar-refractivity contribution >= 4 is 0 Å². The maximum atomic E-state index is 13.3. The number of aliphatic hydroxyl groups is 1. The molecule has 1 aromatic rings. The summed E-state index contributed by atoms with van der Waals surface area (Å²) in [5.74, 6) is -1.18. The number of hydrogen-bond donors (Lipinski definition) is 1. The molecule has 1 fully saturated rings. The van der Waals surface area contributed by atoms with Crippen LogP contribution in [0.2, 0.25) is 0 Å². The van der Waals surface area contributed by atoms with Crippen molar-refractivity contribution in [2.45, 2.75) is 57.6 Å². The van der Waals surface area contributed by atoms with E-state index in [2.05, 4.69) is 18.7 Å². The van der Waals surface area contributed by atoms with Crippen LogP contribution in [0.3, 0.4) is 0 Å². The Morgan fingerprint density at radius 1 is 1.14 bits per heavy atom. The highest BCUT2D eigenvalue weighted by Gasteiger charge is 2.37. The normalized spacial score (nSPS) is 21.0. The van der Waals surface area contributed by atoms with Gasteiger partial charge >= 0.3 is 0 Å². The van der Waals surface area contributed by atoms with Crippen LogP contribution in [-0.2, 0) is 6.42 Å². The van der Waals surface area contributed by atoms with Gasteiger partial charge in [-0.15, -0.1) is 0 Å². The van der Waals surface area contributed by atoms with Crippen LogP contribution in [0.25, 0.3) is 0 Å². The summed E-state index contributed by atoms with van der Waals surface area (Å²) in [6.07, 6.45) is 3.98. The topological polar surface area (TPSA) is 23.5 Å². The molecule has 21 heavy (non-hydrogen) atoms. The summed E-state index contributed by atoms with van der Waals surface area (Å²) in [6, 6.07) is 3.47. The second-order valence-electron chi connectivity index (χ2n) is 6.26. The van der Waals surface area contributed by atoms with E-state index in [0.717, 1.165) is 38.4 Å². The van der Waals surface area contributed by atoms with Crippen molar-refractivity contribution < 1.29 is 13.9 Å². The Kier molecular flexibility index (Phi) is 5.33. The average molecular weight is 297 g/mol. The third-order valence-corrected chi connectivity index (χ3v) is 4.86. The molecule has 0 aromatic heterocycles. The molecule has 0 bridgehead atoms. The Hall–Kier alpha value is -1.00. The molecule has 1 N–H and O–H groups in total. The van der Waals surface area contributed by atoms with E-state index in [9.17, 15) is 13.9 Å². The molecule has 0 radical (unpaired) electrons. The highest BCUT2D eigenvalue weighted by Crippen LogP contribution is 2.29. The molecule has 118 valence electrons. The summed E-state index contributed by atoms with van der Waals surface area (Å²) in [7, 11) is 0. The summed E-state index contributed by atoms with van der Waals surface area (Å²) in [6.45, 7) is 6.08. The minimum atomic E-state index is -0.637. The molecular formula is C17H25F2NO. The van der Waals surface area contributed by atoms with Crippen LogP contribution >= 0.6 is 0 Å². The molecule has 1 aliphatic rings. The number of halogens is 2. The molecular weight excluding hydrogens is 272 g/mol. The molecule has 0 saturated carbocycles. The third kappa shape index (κ3) is 3.80. The van der Waals surface area contributed by atoms with E-state index in [0.29, 0.717) is 5.56 Å². The number of piperidine rings is 1. The van der Waals surface area contributed by atoms with Gasteiger partial charge < -0.3 is 5.11 Å². The quantitative estimate of drug-likeness (QED) is 0.899. The molecule has 1 heterocycles. The summed E-state index contributed by atoms with van der Waals surface area (Å²) in [5, 5.41) is 10.7. The standard InChI is InChI=1S/C17H25F2NO/c1-3-17(2,20-7-5-4-6-8-20)16(21)11-13-9-14(18)12-15(19)10-13/h9-10,12,16,21H,3-8,11H2,1-2H3. The van der Waals surface area contributed by atoms with Crippen LogP contribution in [0.5, 0.6) is 0 Å². The van der Waals surface area contributed by atoms with Gasteiger partial charge in [-0.1, -0.05) is 13.3 Å². The maximum Gasteiger partial charge on any atom is 0.126 e. The van der Waals surface area contributed by atoms with Crippen LogP contribution in [0.15, 0.2) is 18.2 Å². The molecule has 2 nitrogen and oxygen atoms in total. The van der Waals surface area contributed by atoms with E-state index in [1.54, 1.807) is 0 Å². The van der Waals surface area contributed by atoms with Crippen LogP contribution in [0.4, 0.5) is 8.78 Å². The first-order chi connectivity index (χ1) is 9.95. The van der Waals surface area contributed by atoms with E-state index >= 15 is 0 Å². The molecule has 1 aromatic carbocycles. The van der Waals surface area contributed by atoms with E-state index in [4.69, 9.17) is 0 Å². The monoisotopic (exact) mass is 297 g/mol. The predicted octanol–water partition coefficient (Wildman–Crippen LogP) is 3.52. The van der Waals surface area contributed by atoms with Crippen molar-refractivity contribution in [3.05, 3.63) is 35.4 Å². The van der Waals surface area contributed by atoms with Gasteiger partial charge in [-0.2, -0.15) is 0 Å². The van der Waals surface area contributed by atoms with Crippen molar-refractivity contribution in [1.29, 1.82) is 0 Å². The van der Waals surface area contributed by atoms with Gasteiger partial charge in [0.2, 0.25) is 0 Å².